The number of β-amino-alcohol motifs (C(OH)–C–C–N with tert-alkyl or cyclic N) is 1. The van der Waals surface area contributed by atoms with E-state index in [1.807, 2.05) is 4.90 Å². The Bertz CT molecular complexity index is 227. The lowest BCUT2D eigenvalue weighted by Gasteiger charge is -2.31. The molecular formula is C13H26N2O2. The van der Waals surface area contributed by atoms with Crippen LogP contribution in [0.25, 0.3) is 0 Å². The van der Waals surface area contributed by atoms with Gasteiger partial charge in [0.05, 0.1) is 12.6 Å². The molecule has 1 aliphatic heterocycles. The molecule has 1 fully saturated rings. The van der Waals surface area contributed by atoms with Crippen LogP contribution in [0.3, 0.4) is 0 Å². The van der Waals surface area contributed by atoms with Gasteiger partial charge in [-0.05, 0) is 32.2 Å². The Kier molecular flexibility index (Phi) is 6.52. The highest BCUT2D eigenvalue weighted by atomic mass is 16.3. The smallest absolute Gasteiger partial charge is 0.236 e. The van der Waals surface area contributed by atoms with E-state index >= 15 is 0 Å². The zero-order valence-electron chi connectivity index (χ0n) is 11.2. The van der Waals surface area contributed by atoms with Crippen LogP contribution < -0.4 is 0 Å². The predicted molar refractivity (Wildman–Crippen MR) is 68.8 cm³/mol. The van der Waals surface area contributed by atoms with E-state index in [0.717, 1.165) is 45.3 Å². The van der Waals surface area contributed by atoms with Gasteiger partial charge in [-0.15, -0.1) is 0 Å². The van der Waals surface area contributed by atoms with Crippen LogP contribution >= 0.6 is 0 Å². The van der Waals surface area contributed by atoms with Gasteiger partial charge < -0.3 is 10.0 Å². The van der Waals surface area contributed by atoms with Crippen molar-refractivity contribution in [1.82, 2.24) is 9.80 Å². The van der Waals surface area contributed by atoms with Crippen molar-refractivity contribution in [1.29, 1.82) is 0 Å². The van der Waals surface area contributed by atoms with Crippen molar-refractivity contribution < 1.29 is 9.90 Å². The fourth-order valence-corrected chi connectivity index (χ4v) is 2.37. The molecule has 1 saturated heterocycles. The van der Waals surface area contributed by atoms with Crippen molar-refractivity contribution in [3.63, 3.8) is 0 Å². The number of rotatable bonds is 6. The molecule has 0 aliphatic carbocycles. The lowest BCUT2D eigenvalue weighted by molar-refractivity contribution is -0.133. The third-order valence-electron chi connectivity index (χ3n) is 3.18. The van der Waals surface area contributed by atoms with Crippen LogP contribution in [0.1, 0.15) is 39.5 Å². The largest absolute Gasteiger partial charge is 0.392 e. The number of carbonyl (C=O) groups excluding carboxylic acids is 1. The molecule has 0 unspecified atom stereocenters. The molecule has 0 aromatic carbocycles. The average Bonchev–Trinajstić information content (AvgIpc) is 2.28. The molecule has 1 heterocycles. The van der Waals surface area contributed by atoms with Gasteiger partial charge in [0.1, 0.15) is 0 Å². The fourth-order valence-electron chi connectivity index (χ4n) is 2.37. The molecule has 17 heavy (non-hydrogen) atoms. The summed E-state index contributed by atoms with van der Waals surface area (Å²) >= 11 is 0. The van der Waals surface area contributed by atoms with Gasteiger partial charge in [-0.2, -0.15) is 0 Å². The van der Waals surface area contributed by atoms with Gasteiger partial charge in [-0.25, -0.2) is 0 Å². The highest BCUT2D eigenvalue weighted by molar-refractivity contribution is 5.78. The van der Waals surface area contributed by atoms with E-state index in [1.165, 1.54) is 0 Å². The first-order chi connectivity index (χ1) is 8.17. The second-order valence-corrected chi connectivity index (χ2v) is 4.91. The summed E-state index contributed by atoms with van der Waals surface area (Å²) in [4.78, 5) is 16.1. The van der Waals surface area contributed by atoms with Crippen molar-refractivity contribution in [2.45, 2.75) is 45.6 Å². The summed E-state index contributed by atoms with van der Waals surface area (Å²) in [7, 11) is 0. The quantitative estimate of drug-likeness (QED) is 0.758. The minimum Gasteiger partial charge on any atom is -0.392 e. The van der Waals surface area contributed by atoms with Gasteiger partial charge in [0.2, 0.25) is 5.91 Å². The van der Waals surface area contributed by atoms with Crippen LogP contribution in [-0.2, 0) is 4.79 Å². The number of hydrogen-bond donors (Lipinski definition) is 1. The zero-order valence-corrected chi connectivity index (χ0v) is 11.2. The number of aliphatic hydroxyl groups is 1. The standard InChI is InChI=1S/C13H26N2O2/c1-3-7-15(8-4-2)13(17)11-14-9-5-6-12(16)10-14/h12,16H,3-11H2,1-2H3/t12-/m0/s1. The first-order valence-corrected chi connectivity index (χ1v) is 6.85. The third-order valence-corrected chi connectivity index (χ3v) is 3.18. The molecule has 0 aromatic heterocycles. The van der Waals surface area contributed by atoms with E-state index in [2.05, 4.69) is 18.7 Å². The molecule has 0 spiro atoms. The van der Waals surface area contributed by atoms with Crippen LogP contribution in [0.5, 0.6) is 0 Å². The van der Waals surface area contributed by atoms with E-state index in [-0.39, 0.29) is 12.0 Å². The maximum atomic E-state index is 12.1. The molecule has 1 rings (SSSR count). The molecule has 100 valence electrons. The Hall–Kier alpha value is -0.610. The van der Waals surface area contributed by atoms with E-state index in [1.54, 1.807) is 0 Å². The highest BCUT2D eigenvalue weighted by Gasteiger charge is 2.21. The lowest BCUT2D eigenvalue weighted by atomic mass is 10.1. The molecule has 0 aromatic rings. The number of nitrogens with zero attached hydrogens (tertiary/aromatic N) is 2. The number of piperidine rings is 1. The molecule has 1 atom stereocenters. The second-order valence-electron chi connectivity index (χ2n) is 4.91. The molecule has 4 nitrogen and oxygen atoms in total. The minimum absolute atomic E-state index is 0.211. The SMILES string of the molecule is CCCN(CCC)C(=O)CN1CCC[C@H](O)C1. The Balaban J connectivity index is 2.39. The second kappa shape index (κ2) is 7.67. The van der Waals surface area contributed by atoms with Gasteiger partial charge >= 0.3 is 0 Å². The van der Waals surface area contributed by atoms with Gasteiger partial charge in [0.15, 0.2) is 0 Å². The normalized spacial score (nSPS) is 21.5. The zero-order chi connectivity index (χ0) is 12.7. The molecule has 1 amide bonds. The van der Waals surface area contributed by atoms with E-state index in [0.29, 0.717) is 13.1 Å². The van der Waals surface area contributed by atoms with Crippen LogP contribution in [0.4, 0.5) is 0 Å². The first kappa shape index (κ1) is 14.5. The van der Waals surface area contributed by atoms with Crippen LogP contribution in [0.15, 0.2) is 0 Å². The summed E-state index contributed by atoms with van der Waals surface area (Å²) in [6.07, 6.45) is 3.64. The molecule has 1 N–H and O–H groups in total. The van der Waals surface area contributed by atoms with Crippen LogP contribution in [0, 0.1) is 0 Å². The van der Waals surface area contributed by atoms with Crippen LogP contribution in [-0.4, -0.2) is 59.6 Å². The molecule has 1 aliphatic rings. The molecule has 0 radical (unpaired) electrons. The summed E-state index contributed by atoms with van der Waals surface area (Å²) in [5.74, 6) is 0.211. The summed E-state index contributed by atoms with van der Waals surface area (Å²) in [6.45, 7) is 7.96. The van der Waals surface area contributed by atoms with Gasteiger partial charge in [0.25, 0.3) is 0 Å². The van der Waals surface area contributed by atoms with Gasteiger partial charge in [-0.1, -0.05) is 13.8 Å². The van der Waals surface area contributed by atoms with Crippen molar-refractivity contribution in [2.24, 2.45) is 0 Å². The van der Waals surface area contributed by atoms with Crippen molar-refractivity contribution in [3.8, 4) is 0 Å². The maximum Gasteiger partial charge on any atom is 0.236 e. The number of likely N-dealkylation sites (tertiary alicyclic amines) is 1. The minimum atomic E-state index is -0.248. The summed E-state index contributed by atoms with van der Waals surface area (Å²) in [6, 6.07) is 0. The van der Waals surface area contributed by atoms with E-state index in [4.69, 9.17) is 0 Å². The summed E-state index contributed by atoms with van der Waals surface area (Å²) < 4.78 is 0. The fraction of sp³-hybridized carbons (Fsp3) is 0.923. The van der Waals surface area contributed by atoms with Gasteiger partial charge in [-0.3, -0.25) is 9.69 Å². The van der Waals surface area contributed by atoms with Gasteiger partial charge in [0, 0.05) is 19.6 Å². The number of carbonyl (C=O) groups is 1. The summed E-state index contributed by atoms with van der Waals surface area (Å²) in [5, 5.41) is 9.57. The maximum absolute atomic E-state index is 12.1. The van der Waals surface area contributed by atoms with Crippen LogP contribution in [0.2, 0.25) is 0 Å². The summed E-state index contributed by atoms with van der Waals surface area (Å²) in [5.41, 5.74) is 0. The van der Waals surface area contributed by atoms with E-state index < -0.39 is 0 Å². The van der Waals surface area contributed by atoms with E-state index in [9.17, 15) is 9.90 Å². The number of aliphatic hydroxyl groups excluding tert-OH is 1. The highest BCUT2D eigenvalue weighted by Crippen LogP contribution is 2.10. The third kappa shape index (κ3) is 5.04. The number of hydrogen-bond acceptors (Lipinski definition) is 3. The van der Waals surface area contributed by atoms with Crippen molar-refractivity contribution in [3.05, 3.63) is 0 Å². The monoisotopic (exact) mass is 242 g/mol. The lowest BCUT2D eigenvalue weighted by Crippen LogP contribution is -2.46. The Morgan fingerprint density at radius 1 is 1.35 bits per heavy atom. The Morgan fingerprint density at radius 3 is 2.53 bits per heavy atom. The molecule has 0 saturated carbocycles. The number of amides is 1. The molecular weight excluding hydrogens is 216 g/mol. The Labute approximate surface area is 105 Å². The molecule has 0 bridgehead atoms. The molecule has 4 heteroatoms. The topological polar surface area (TPSA) is 43.8 Å². The Morgan fingerprint density at radius 2 is 2.00 bits per heavy atom. The average molecular weight is 242 g/mol. The van der Waals surface area contributed by atoms with Crippen molar-refractivity contribution >= 4 is 5.91 Å². The van der Waals surface area contributed by atoms with Crippen molar-refractivity contribution in [2.75, 3.05) is 32.7 Å². The predicted octanol–water partition coefficient (Wildman–Crippen LogP) is 1.09. The first-order valence-electron chi connectivity index (χ1n) is 6.85.